The Kier molecular flexibility index (Phi) is 3.05. The summed E-state index contributed by atoms with van der Waals surface area (Å²) in [6.45, 7) is 4.16. The molecule has 0 atom stereocenters. The average molecular weight is 172 g/mol. The lowest BCUT2D eigenvalue weighted by molar-refractivity contribution is -0.162. The van der Waals surface area contributed by atoms with Gasteiger partial charge in [-0.1, -0.05) is 6.92 Å². The first kappa shape index (κ1) is 9.48. The molecule has 0 radical (unpaired) electrons. The molecule has 0 unspecified atom stereocenters. The van der Waals surface area contributed by atoms with Crippen LogP contribution >= 0.6 is 0 Å². The highest BCUT2D eigenvalue weighted by Crippen LogP contribution is 2.31. The summed E-state index contributed by atoms with van der Waals surface area (Å²) in [7, 11) is 0. The third-order valence-electron chi connectivity index (χ3n) is 2.35. The minimum absolute atomic E-state index is 0.0849. The van der Waals surface area contributed by atoms with Gasteiger partial charge in [0, 0.05) is 13.1 Å². The van der Waals surface area contributed by atoms with Gasteiger partial charge in [0.1, 0.15) is 0 Å². The molecule has 4 nitrogen and oxygen atoms in total. The summed E-state index contributed by atoms with van der Waals surface area (Å²) in [5.74, 6) is 0.0849. The van der Waals surface area contributed by atoms with E-state index in [1.165, 1.54) is 0 Å². The maximum atomic E-state index is 11.5. The maximum Gasteiger partial charge on any atom is 0.230 e. The van der Waals surface area contributed by atoms with Gasteiger partial charge in [0.05, 0.1) is 18.6 Å². The largest absolute Gasteiger partial charge is 0.379 e. The number of carbonyl (C=O) groups is 1. The second-order valence-electron chi connectivity index (χ2n) is 3.17. The first-order valence-electron chi connectivity index (χ1n) is 4.31. The standard InChI is InChI=1S/C8H16N2O2/c1-2-8(5-12-6-8)7(11)10-4-3-9/h2-6,9H2,1H3,(H,10,11). The van der Waals surface area contributed by atoms with Crippen molar-refractivity contribution < 1.29 is 9.53 Å². The van der Waals surface area contributed by atoms with Crippen LogP contribution in [0.2, 0.25) is 0 Å². The molecule has 0 aromatic carbocycles. The van der Waals surface area contributed by atoms with Gasteiger partial charge in [-0.15, -0.1) is 0 Å². The number of carbonyl (C=O) groups excluding carboxylic acids is 1. The fraction of sp³-hybridized carbons (Fsp3) is 0.875. The zero-order valence-electron chi connectivity index (χ0n) is 7.43. The molecule has 12 heavy (non-hydrogen) atoms. The fourth-order valence-electron chi connectivity index (χ4n) is 1.22. The van der Waals surface area contributed by atoms with Crippen LogP contribution in [0.4, 0.5) is 0 Å². The molecule has 70 valence electrons. The van der Waals surface area contributed by atoms with Crippen LogP contribution in [0.15, 0.2) is 0 Å². The van der Waals surface area contributed by atoms with Crippen molar-refractivity contribution in [2.45, 2.75) is 13.3 Å². The van der Waals surface area contributed by atoms with E-state index in [4.69, 9.17) is 10.5 Å². The van der Waals surface area contributed by atoms with E-state index in [9.17, 15) is 4.79 Å². The Morgan fingerprint density at radius 3 is 2.67 bits per heavy atom. The van der Waals surface area contributed by atoms with E-state index in [0.29, 0.717) is 26.3 Å². The van der Waals surface area contributed by atoms with Gasteiger partial charge in [-0.3, -0.25) is 4.79 Å². The Bertz CT molecular complexity index is 161. The smallest absolute Gasteiger partial charge is 0.230 e. The number of hydrogen-bond donors (Lipinski definition) is 2. The van der Waals surface area contributed by atoms with Gasteiger partial charge in [0.2, 0.25) is 5.91 Å². The van der Waals surface area contributed by atoms with E-state index < -0.39 is 0 Å². The van der Waals surface area contributed by atoms with Crippen LogP contribution in [-0.4, -0.2) is 32.2 Å². The normalized spacial score (nSPS) is 19.8. The van der Waals surface area contributed by atoms with Gasteiger partial charge in [-0.25, -0.2) is 0 Å². The van der Waals surface area contributed by atoms with E-state index in [-0.39, 0.29) is 11.3 Å². The van der Waals surface area contributed by atoms with Crippen LogP contribution in [0.3, 0.4) is 0 Å². The Labute approximate surface area is 72.5 Å². The molecule has 1 fully saturated rings. The Morgan fingerprint density at radius 2 is 2.33 bits per heavy atom. The zero-order valence-corrected chi connectivity index (χ0v) is 7.43. The minimum atomic E-state index is -0.255. The number of nitrogens with two attached hydrogens (primary N) is 1. The first-order valence-corrected chi connectivity index (χ1v) is 4.31. The van der Waals surface area contributed by atoms with Crippen LogP contribution in [0.5, 0.6) is 0 Å². The zero-order chi connectivity index (χ0) is 9.03. The van der Waals surface area contributed by atoms with Crippen molar-refractivity contribution in [3.8, 4) is 0 Å². The van der Waals surface area contributed by atoms with Crippen LogP contribution in [-0.2, 0) is 9.53 Å². The first-order chi connectivity index (χ1) is 5.75. The summed E-state index contributed by atoms with van der Waals surface area (Å²) >= 11 is 0. The molecule has 0 saturated carbocycles. The predicted octanol–water partition coefficient (Wildman–Crippen LogP) is -0.512. The summed E-state index contributed by atoms with van der Waals surface area (Å²) in [4.78, 5) is 11.5. The Hall–Kier alpha value is -0.610. The van der Waals surface area contributed by atoms with Crippen LogP contribution in [0.25, 0.3) is 0 Å². The van der Waals surface area contributed by atoms with E-state index in [1.807, 2.05) is 6.92 Å². The third-order valence-corrected chi connectivity index (χ3v) is 2.35. The third kappa shape index (κ3) is 1.59. The molecule has 1 rings (SSSR count). The topological polar surface area (TPSA) is 64.4 Å². The molecule has 1 amide bonds. The molecule has 0 aromatic rings. The highest BCUT2D eigenvalue weighted by Gasteiger charge is 2.43. The Morgan fingerprint density at radius 1 is 1.67 bits per heavy atom. The molecule has 1 aliphatic rings. The van der Waals surface area contributed by atoms with Crippen LogP contribution < -0.4 is 11.1 Å². The van der Waals surface area contributed by atoms with Gasteiger partial charge in [-0.05, 0) is 6.42 Å². The number of rotatable bonds is 4. The van der Waals surface area contributed by atoms with Gasteiger partial charge in [0.15, 0.2) is 0 Å². The van der Waals surface area contributed by atoms with Crippen LogP contribution in [0.1, 0.15) is 13.3 Å². The molecule has 3 N–H and O–H groups in total. The molecule has 1 saturated heterocycles. The number of hydrogen-bond acceptors (Lipinski definition) is 3. The average Bonchev–Trinajstić information content (AvgIpc) is 2.00. The lowest BCUT2D eigenvalue weighted by atomic mass is 9.82. The molecule has 0 aromatic heterocycles. The van der Waals surface area contributed by atoms with Gasteiger partial charge < -0.3 is 15.8 Å². The van der Waals surface area contributed by atoms with Gasteiger partial charge >= 0.3 is 0 Å². The van der Waals surface area contributed by atoms with Crippen molar-refractivity contribution in [1.82, 2.24) is 5.32 Å². The van der Waals surface area contributed by atoms with Crippen molar-refractivity contribution in [2.24, 2.45) is 11.1 Å². The van der Waals surface area contributed by atoms with Crippen LogP contribution in [0, 0.1) is 5.41 Å². The molecular weight excluding hydrogens is 156 g/mol. The van der Waals surface area contributed by atoms with E-state index >= 15 is 0 Å². The second-order valence-corrected chi connectivity index (χ2v) is 3.17. The van der Waals surface area contributed by atoms with E-state index in [1.54, 1.807) is 0 Å². The molecule has 0 spiro atoms. The number of ether oxygens (including phenoxy) is 1. The van der Waals surface area contributed by atoms with Crippen molar-refractivity contribution in [3.05, 3.63) is 0 Å². The molecular formula is C8H16N2O2. The van der Waals surface area contributed by atoms with E-state index in [2.05, 4.69) is 5.32 Å². The molecule has 4 heteroatoms. The van der Waals surface area contributed by atoms with E-state index in [0.717, 1.165) is 6.42 Å². The van der Waals surface area contributed by atoms with Crippen molar-refractivity contribution in [3.63, 3.8) is 0 Å². The highest BCUT2D eigenvalue weighted by molar-refractivity contribution is 5.83. The SMILES string of the molecule is CCC1(C(=O)NCCN)COC1. The summed E-state index contributed by atoms with van der Waals surface area (Å²) in [6, 6.07) is 0. The van der Waals surface area contributed by atoms with Gasteiger partial charge in [-0.2, -0.15) is 0 Å². The summed E-state index contributed by atoms with van der Waals surface area (Å²) in [5, 5.41) is 2.78. The lowest BCUT2D eigenvalue weighted by Gasteiger charge is -2.38. The fourth-order valence-corrected chi connectivity index (χ4v) is 1.22. The maximum absolute atomic E-state index is 11.5. The summed E-state index contributed by atoms with van der Waals surface area (Å²) in [6.07, 6.45) is 0.837. The van der Waals surface area contributed by atoms with Crippen molar-refractivity contribution in [2.75, 3.05) is 26.3 Å². The summed E-state index contributed by atoms with van der Waals surface area (Å²) in [5.41, 5.74) is 5.02. The molecule has 1 heterocycles. The molecule has 0 bridgehead atoms. The monoisotopic (exact) mass is 172 g/mol. The number of nitrogens with one attached hydrogen (secondary N) is 1. The molecule has 0 aliphatic carbocycles. The number of amides is 1. The lowest BCUT2D eigenvalue weighted by Crippen LogP contribution is -2.54. The quantitative estimate of drug-likeness (QED) is 0.600. The Balaban J connectivity index is 2.38. The van der Waals surface area contributed by atoms with Crippen molar-refractivity contribution >= 4 is 5.91 Å². The highest BCUT2D eigenvalue weighted by atomic mass is 16.5. The molecule has 1 aliphatic heterocycles. The van der Waals surface area contributed by atoms with Gasteiger partial charge in [0.25, 0.3) is 0 Å². The minimum Gasteiger partial charge on any atom is -0.379 e. The summed E-state index contributed by atoms with van der Waals surface area (Å²) < 4.78 is 5.04. The predicted molar refractivity (Wildman–Crippen MR) is 45.6 cm³/mol. The second kappa shape index (κ2) is 3.87. The van der Waals surface area contributed by atoms with Crippen molar-refractivity contribution in [1.29, 1.82) is 0 Å².